The van der Waals surface area contributed by atoms with E-state index in [1.165, 1.54) is 0 Å². The van der Waals surface area contributed by atoms with Crippen LogP contribution in [0.1, 0.15) is 12.2 Å². The van der Waals surface area contributed by atoms with Gasteiger partial charge in [-0.2, -0.15) is 4.98 Å². The highest BCUT2D eigenvalue weighted by atomic mass is 16.5. The van der Waals surface area contributed by atoms with Gasteiger partial charge in [0.25, 0.3) is 0 Å². The van der Waals surface area contributed by atoms with Crippen molar-refractivity contribution in [2.24, 2.45) is 5.73 Å². The van der Waals surface area contributed by atoms with E-state index < -0.39 is 0 Å². The Hall–Kier alpha value is -1.16. The Labute approximate surface area is 71.8 Å². The van der Waals surface area contributed by atoms with Gasteiger partial charge in [-0.05, 0) is 19.9 Å². The summed E-state index contributed by atoms with van der Waals surface area (Å²) < 4.78 is 5.30. The zero-order valence-electron chi connectivity index (χ0n) is 7.16. The molecule has 1 aromatic heterocycles. The maximum atomic E-state index is 5.31. The Morgan fingerprint density at radius 3 is 3.08 bits per heavy atom. The van der Waals surface area contributed by atoms with Crippen LogP contribution in [0.4, 0.5) is 0 Å². The Morgan fingerprint density at radius 1 is 1.58 bits per heavy atom. The normalized spacial score (nSPS) is 9.83. The molecule has 0 unspecified atom stereocenters. The van der Waals surface area contributed by atoms with Gasteiger partial charge >= 0.3 is 0 Å². The highest BCUT2D eigenvalue weighted by Crippen LogP contribution is 2.03. The van der Waals surface area contributed by atoms with Crippen LogP contribution < -0.4 is 10.5 Å². The third-order valence-electron chi connectivity index (χ3n) is 1.35. The van der Waals surface area contributed by atoms with Crippen molar-refractivity contribution in [1.82, 2.24) is 9.97 Å². The molecule has 0 amide bonds. The molecule has 0 aromatic carbocycles. The Kier molecular flexibility index (Phi) is 3.47. The molecule has 0 radical (unpaired) electrons. The van der Waals surface area contributed by atoms with E-state index in [-0.39, 0.29) is 0 Å². The number of nitrogens with zero attached hydrogens (tertiary/aromatic N) is 2. The molecule has 0 aliphatic carbocycles. The van der Waals surface area contributed by atoms with Crippen molar-refractivity contribution in [3.8, 4) is 5.88 Å². The van der Waals surface area contributed by atoms with Crippen LogP contribution in [-0.2, 0) is 0 Å². The lowest BCUT2D eigenvalue weighted by atomic mass is 10.5. The van der Waals surface area contributed by atoms with Gasteiger partial charge in [0.15, 0.2) is 0 Å². The van der Waals surface area contributed by atoms with E-state index in [1.54, 1.807) is 12.3 Å². The average molecular weight is 167 g/mol. The van der Waals surface area contributed by atoms with E-state index in [0.29, 0.717) is 19.0 Å². The molecule has 4 heteroatoms. The average Bonchev–Trinajstić information content (AvgIpc) is 2.05. The Bertz CT molecular complexity index is 239. The van der Waals surface area contributed by atoms with Crippen molar-refractivity contribution in [1.29, 1.82) is 0 Å². The van der Waals surface area contributed by atoms with Gasteiger partial charge in [-0.25, -0.2) is 4.98 Å². The summed E-state index contributed by atoms with van der Waals surface area (Å²) in [5.41, 5.74) is 5.31. The summed E-state index contributed by atoms with van der Waals surface area (Å²) in [6.45, 7) is 3.09. The van der Waals surface area contributed by atoms with Crippen molar-refractivity contribution in [2.45, 2.75) is 13.3 Å². The van der Waals surface area contributed by atoms with Gasteiger partial charge in [-0.3, -0.25) is 0 Å². The van der Waals surface area contributed by atoms with E-state index in [1.807, 2.05) is 6.92 Å². The molecular formula is C8H13N3O. The fourth-order valence-corrected chi connectivity index (χ4v) is 0.775. The first-order valence-corrected chi connectivity index (χ1v) is 3.95. The summed E-state index contributed by atoms with van der Waals surface area (Å²) in [6.07, 6.45) is 2.53. The zero-order chi connectivity index (χ0) is 8.81. The molecule has 1 aromatic rings. The summed E-state index contributed by atoms with van der Waals surface area (Å²) in [6, 6.07) is 1.74. The van der Waals surface area contributed by atoms with Gasteiger partial charge in [-0.15, -0.1) is 0 Å². The number of nitrogens with two attached hydrogens (primary N) is 1. The number of rotatable bonds is 4. The first kappa shape index (κ1) is 8.93. The molecule has 0 bridgehead atoms. The summed E-state index contributed by atoms with van der Waals surface area (Å²) in [4.78, 5) is 8.02. The molecule has 1 rings (SSSR count). The summed E-state index contributed by atoms with van der Waals surface area (Å²) >= 11 is 0. The summed E-state index contributed by atoms with van der Waals surface area (Å²) in [5.74, 6) is 1.34. The maximum Gasteiger partial charge on any atom is 0.216 e. The SMILES string of the molecule is Cc1nccc(OCCCN)n1. The molecule has 0 aliphatic rings. The van der Waals surface area contributed by atoms with Crippen LogP contribution in [0.15, 0.2) is 12.3 Å². The van der Waals surface area contributed by atoms with Crippen molar-refractivity contribution in [3.05, 3.63) is 18.1 Å². The minimum atomic E-state index is 0.618. The van der Waals surface area contributed by atoms with E-state index in [4.69, 9.17) is 10.5 Å². The summed E-state index contributed by atoms with van der Waals surface area (Å²) in [7, 11) is 0. The molecule has 0 aliphatic heterocycles. The predicted octanol–water partition coefficient (Wildman–Crippen LogP) is 0.513. The lowest BCUT2D eigenvalue weighted by molar-refractivity contribution is 0.300. The minimum absolute atomic E-state index is 0.618. The van der Waals surface area contributed by atoms with Gasteiger partial charge in [0.1, 0.15) is 5.82 Å². The second kappa shape index (κ2) is 4.66. The molecule has 2 N–H and O–H groups in total. The second-order valence-corrected chi connectivity index (χ2v) is 2.43. The van der Waals surface area contributed by atoms with E-state index in [9.17, 15) is 0 Å². The third-order valence-corrected chi connectivity index (χ3v) is 1.35. The van der Waals surface area contributed by atoms with Gasteiger partial charge in [0.2, 0.25) is 5.88 Å². The van der Waals surface area contributed by atoms with Crippen molar-refractivity contribution < 1.29 is 4.74 Å². The predicted molar refractivity (Wildman–Crippen MR) is 45.9 cm³/mol. The highest BCUT2D eigenvalue weighted by Gasteiger charge is 1.94. The van der Waals surface area contributed by atoms with Gasteiger partial charge in [0, 0.05) is 12.3 Å². The molecular weight excluding hydrogens is 154 g/mol. The van der Waals surface area contributed by atoms with Crippen LogP contribution in [0.3, 0.4) is 0 Å². The minimum Gasteiger partial charge on any atom is -0.478 e. The highest BCUT2D eigenvalue weighted by molar-refractivity contribution is 5.07. The second-order valence-electron chi connectivity index (χ2n) is 2.43. The van der Waals surface area contributed by atoms with Crippen molar-refractivity contribution >= 4 is 0 Å². The molecule has 0 atom stereocenters. The third kappa shape index (κ3) is 2.84. The number of ether oxygens (including phenoxy) is 1. The largest absolute Gasteiger partial charge is 0.478 e. The van der Waals surface area contributed by atoms with Gasteiger partial charge < -0.3 is 10.5 Å². The van der Waals surface area contributed by atoms with Crippen molar-refractivity contribution in [3.63, 3.8) is 0 Å². The lowest BCUT2D eigenvalue weighted by Crippen LogP contribution is -2.07. The Morgan fingerprint density at radius 2 is 2.42 bits per heavy atom. The first-order chi connectivity index (χ1) is 5.83. The van der Waals surface area contributed by atoms with Crippen LogP contribution in [-0.4, -0.2) is 23.1 Å². The number of hydrogen-bond donors (Lipinski definition) is 1. The standard InChI is InChI=1S/C8H13N3O/c1-7-10-5-3-8(11-7)12-6-2-4-9/h3,5H,2,4,6,9H2,1H3. The Balaban J connectivity index is 2.41. The molecule has 0 saturated carbocycles. The molecule has 0 spiro atoms. The number of hydrogen-bond acceptors (Lipinski definition) is 4. The molecule has 0 saturated heterocycles. The number of aromatic nitrogens is 2. The van der Waals surface area contributed by atoms with Crippen LogP contribution >= 0.6 is 0 Å². The quantitative estimate of drug-likeness (QED) is 0.664. The number of aryl methyl sites for hydroxylation is 1. The van der Waals surface area contributed by atoms with Crippen LogP contribution in [0.2, 0.25) is 0 Å². The molecule has 12 heavy (non-hydrogen) atoms. The molecule has 0 fully saturated rings. The molecule has 1 heterocycles. The van der Waals surface area contributed by atoms with E-state index in [0.717, 1.165) is 12.2 Å². The molecule has 66 valence electrons. The zero-order valence-corrected chi connectivity index (χ0v) is 7.16. The van der Waals surface area contributed by atoms with Crippen LogP contribution in [0, 0.1) is 6.92 Å². The smallest absolute Gasteiger partial charge is 0.216 e. The lowest BCUT2D eigenvalue weighted by Gasteiger charge is -2.03. The van der Waals surface area contributed by atoms with Crippen molar-refractivity contribution in [2.75, 3.05) is 13.2 Å². The van der Waals surface area contributed by atoms with E-state index >= 15 is 0 Å². The fourth-order valence-electron chi connectivity index (χ4n) is 0.775. The first-order valence-electron chi connectivity index (χ1n) is 3.95. The maximum absolute atomic E-state index is 5.31. The topological polar surface area (TPSA) is 61.0 Å². The fraction of sp³-hybridized carbons (Fsp3) is 0.500. The summed E-state index contributed by atoms with van der Waals surface area (Å²) in [5, 5.41) is 0. The monoisotopic (exact) mass is 167 g/mol. The van der Waals surface area contributed by atoms with Gasteiger partial charge in [-0.1, -0.05) is 0 Å². The van der Waals surface area contributed by atoms with Gasteiger partial charge in [0.05, 0.1) is 6.61 Å². The van der Waals surface area contributed by atoms with Crippen LogP contribution in [0.5, 0.6) is 5.88 Å². The van der Waals surface area contributed by atoms with Crippen LogP contribution in [0.25, 0.3) is 0 Å². The van der Waals surface area contributed by atoms with E-state index in [2.05, 4.69) is 9.97 Å². The molecule has 4 nitrogen and oxygen atoms in total.